The molecule has 2 heterocycles. The SMILES string of the molecule is CC(C)c1c(C(=O)Nc2ccc(CS(N)(=O)=O)cc2)cnn1-c1ccccn1. The van der Waals surface area contributed by atoms with Gasteiger partial charge >= 0.3 is 0 Å². The average Bonchev–Trinajstić information content (AvgIpc) is 3.08. The number of nitrogens with zero attached hydrogens (tertiary/aromatic N) is 3. The van der Waals surface area contributed by atoms with Crippen LogP contribution in [0.4, 0.5) is 5.69 Å². The smallest absolute Gasteiger partial charge is 0.259 e. The fraction of sp³-hybridized carbons (Fsp3) is 0.211. The van der Waals surface area contributed by atoms with Gasteiger partial charge in [0.2, 0.25) is 10.0 Å². The van der Waals surface area contributed by atoms with Crippen LogP contribution in [0.25, 0.3) is 5.82 Å². The predicted octanol–water partition coefficient (Wildman–Crippen LogP) is 2.43. The van der Waals surface area contributed by atoms with Gasteiger partial charge in [-0.3, -0.25) is 4.79 Å². The number of primary sulfonamides is 1. The van der Waals surface area contributed by atoms with Crippen molar-refractivity contribution < 1.29 is 13.2 Å². The van der Waals surface area contributed by atoms with Crippen molar-refractivity contribution in [2.75, 3.05) is 5.32 Å². The minimum atomic E-state index is -3.60. The third-order valence-electron chi connectivity index (χ3n) is 4.04. The lowest BCUT2D eigenvalue weighted by Crippen LogP contribution is -2.16. The normalized spacial score (nSPS) is 11.6. The lowest BCUT2D eigenvalue weighted by Gasteiger charge is -2.12. The third kappa shape index (κ3) is 4.62. The Hall–Kier alpha value is -3.04. The van der Waals surface area contributed by atoms with E-state index in [2.05, 4.69) is 15.4 Å². The van der Waals surface area contributed by atoms with E-state index >= 15 is 0 Å². The van der Waals surface area contributed by atoms with Crippen molar-refractivity contribution in [1.29, 1.82) is 0 Å². The molecule has 1 amide bonds. The number of nitrogens with one attached hydrogen (secondary N) is 1. The van der Waals surface area contributed by atoms with Gasteiger partial charge < -0.3 is 5.32 Å². The molecule has 1 aromatic carbocycles. The average molecular weight is 399 g/mol. The molecule has 28 heavy (non-hydrogen) atoms. The maximum Gasteiger partial charge on any atom is 0.259 e. The van der Waals surface area contributed by atoms with Gasteiger partial charge in [-0.05, 0) is 35.7 Å². The molecule has 0 unspecified atom stereocenters. The number of pyridine rings is 1. The van der Waals surface area contributed by atoms with E-state index in [1.807, 2.05) is 32.0 Å². The zero-order chi connectivity index (χ0) is 20.3. The van der Waals surface area contributed by atoms with E-state index in [1.165, 1.54) is 6.20 Å². The second-order valence-corrected chi connectivity index (χ2v) is 8.27. The zero-order valence-electron chi connectivity index (χ0n) is 15.5. The predicted molar refractivity (Wildman–Crippen MR) is 107 cm³/mol. The highest BCUT2D eigenvalue weighted by atomic mass is 32.2. The van der Waals surface area contributed by atoms with Crippen LogP contribution in [0.3, 0.4) is 0 Å². The molecule has 3 N–H and O–H groups in total. The Morgan fingerprint density at radius 1 is 1.18 bits per heavy atom. The summed E-state index contributed by atoms with van der Waals surface area (Å²) in [7, 11) is -3.60. The summed E-state index contributed by atoms with van der Waals surface area (Å²) in [6, 6.07) is 12.0. The van der Waals surface area contributed by atoms with Crippen molar-refractivity contribution in [1.82, 2.24) is 14.8 Å². The van der Waals surface area contributed by atoms with Crippen LogP contribution in [0.2, 0.25) is 0 Å². The van der Waals surface area contributed by atoms with Crippen LogP contribution in [0.15, 0.2) is 54.9 Å². The highest BCUT2D eigenvalue weighted by Gasteiger charge is 2.21. The summed E-state index contributed by atoms with van der Waals surface area (Å²) < 4.78 is 24.0. The molecule has 0 aliphatic heterocycles. The number of benzene rings is 1. The van der Waals surface area contributed by atoms with Crippen LogP contribution in [0.5, 0.6) is 0 Å². The van der Waals surface area contributed by atoms with E-state index in [0.29, 0.717) is 22.6 Å². The highest BCUT2D eigenvalue weighted by molar-refractivity contribution is 7.88. The van der Waals surface area contributed by atoms with Gasteiger partial charge in [-0.2, -0.15) is 5.10 Å². The van der Waals surface area contributed by atoms with Gasteiger partial charge in [-0.25, -0.2) is 23.2 Å². The molecule has 0 bridgehead atoms. The van der Waals surface area contributed by atoms with E-state index in [-0.39, 0.29) is 17.6 Å². The summed E-state index contributed by atoms with van der Waals surface area (Å²) >= 11 is 0. The summed E-state index contributed by atoms with van der Waals surface area (Å²) in [5.74, 6) is 0.125. The quantitative estimate of drug-likeness (QED) is 0.660. The molecule has 0 spiro atoms. The Morgan fingerprint density at radius 2 is 1.89 bits per heavy atom. The topological polar surface area (TPSA) is 120 Å². The number of amides is 1. The number of carbonyl (C=O) groups excluding carboxylic acids is 1. The van der Waals surface area contributed by atoms with Crippen molar-refractivity contribution >= 4 is 21.6 Å². The van der Waals surface area contributed by atoms with Gasteiger partial charge in [0.05, 0.1) is 23.2 Å². The van der Waals surface area contributed by atoms with Crippen molar-refractivity contribution in [3.05, 3.63) is 71.7 Å². The molecule has 0 aliphatic rings. The standard InChI is InChI=1S/C19H21N5O3S/c1-13(2)18-16(11-22-24(18)17-5-3-4-10-21-17)19(25)23-15-8-6-14(7-9-15)12-28(20,26)27/h3-11,13H,12H2,1-2H3,(H,23,25)(H2,20,26,27). The second-order valence-electron chi connectivity index (χ2n) is 6.66. The number of anilines is 1. The van der Waals surface area contributed by atoms with Gasteiger partial charge in [0.15, 0.2) is 5.82 Å². The first-order valence-electron chi connectivity index (χ1n) is 8.64. The van der Waals surface area contributed by atoms with E-state index in [0.717, 1.165) is 5.69 Å². The number of carbonyl (C=O) groups is 1. The summed E-state index contributed by atoms with van der Waals surface area (Å²) in [5.41, 5.74) is 2.30. The Kier molecular flexibility index (Phi) is 5.57. The molecule has 0 atom stereocenters. The molecule has 146 valence electrons. The number of aromatic nitrogens is 3. The van der Waals surface area contributed by atoms with E-state index in [4.69, 9.17) is 5.14 Å². The molecule has 0 saturated heterocycles. The van der Waals surface area contributed by atoms with Gasteiger partial charge in [0, 0.05) is 11.9 Å². The minimum absolute atomic E-state index is 0.0439. The number of sulfonamides is 1. The fourth-order valence-electron chi connectivity index (χ4n) is 2.87. The number of hydrogen-bond acceptors (Lipinski definition) is 5. The molecule has 2 aromatic heterocycles. The first kappa shape index (κ1) is 19.7. The maximum absolute atomic E-state index is 12.8. The molecule has 3 rings (SSSR count). The molecule has 9 heteroatoms. The van der Waals surface area contributed by atoms with Gasteiger partial charge in [0.25, 0.3) is 5.91 Å². The Labute approximate surface area is 163 Å². The second kappa shape index (κ2) is 7.91. The molecular weight excluding hydrogens is 378 g/mol. The number of nitrogens with two attached hydrogens (primary N) is 1. The van der Waals surface area contributed by atoms with Crippen LogP contribution < -0.4 is 10.5 Å². The minimum Gasteiger partial charge on any atom is -0.322 e. The Morgan fingerprint density at radius 3 is 2.46 bits per heavy atom. The lowest BCUT2D eigenvalue weighted by molar-refractivity contribution is 0.102. The van der Waals surface area contributed by atoms with Gasteiger partial charge in [-0.1, -0.05) is 32.0 Å². The Bertz CT molecular complexity index is 1070. The van der Waals surface area contributed by atoms with Crippen LogP contribution in [-0.4, -0.2) is 29.1 Å². The summed E-state index contributed by atoms with van der Waals surface area (Å²) in [5, 5.41) is 12.2. The Balaban J connectivity index is 1.84. The number of rotatable bonds is 6. The first-order chi connectivity index (χ1) is 13.2. The monoisotopic (exact) mass is 399 g/mol. The highest BCUT2D eigenvalue weighted by Crippen LogP contribution is 2.23. The van der Waals surface area contributed by atoms with Crippen molar-refractivity contribution in [2.45, 2.75) is 25.5 Å². The van der Waals surface area contributed by atoms with Gasteiger partial charge in [0.1, 0.15) is 0 Å². The zero-order valence-corrected chi connectivity index (χ0v) is 16.3. The molecule has 0 saturated carbocycles. The van der Waals surface area contributed by atoms with Crippen LogP contribution >= 0.6 is 0 Å². The third-order valence-corrected chi connectivity index (χ3v) is 4.78. The van der Waals surface area contributed by atoms with Crippen molar-refractivity contribution in [3.8, 4) is 5.82 Å². The largest absolute Gasteiger partial charge is 0.322 e. The van der Waals surface area contributed by atoms with E-state index in [9.17, 15) is 13.2 Å². The fourth-order valence-corrected chi connectivity index (χ4v) is 3.52. The van der Waals surface area contributed by atoms with Gasteiger partial charge in [-0.15, -0.1) is 0 Å². The van der Waals surface area contributed by atoms with Crippen molar-refractivity contribution in [3.63, 3.8) is 0 Å². The molecule has 0 radical (unpaired) electrons. The van der Waals surface area contributed by atoms with Crippen molar-refractivity contribution in [2.24, 2.45) is 5.14 Å². The van der Waals surface area contributed by atoms with E-state index < -0.39 is 10.0 Å². The van der Waals surface area contributed by atoms with Crippen LogP contribution in [0.1, 0.15) is 41.4 Å². The van der Waals surface area contributed by atoms with E-state index in [1.54, 1.807) is 35.1 Å². The van der Waals surface area contributed by atoms with Crippen LogP contribution in [-0.2, 0) is 15.8 Å². The molecule has 3 aromatic rings. The summed E-state index contributed by atoms with van der Waals surface area (Å²) in [4.78, 5) is 17.1. The molecular formula is C19H21N5O3S. The molecule has 8 nitrogen and oxygen atoms in total. The van der Waals surface area contributed by atoms with Crippen LogP contribution in [0, 0.1) is 0 Å². The first-order valence-corrected chi connectivity index (χ1v) is 10.4. The number of hydrogen-bond donors (Lipinski definition) is 2. The lowest BCUT2D eigenvalue weighted by atomic mass is 10.1. The summed E-state index contributed by atoms with van der Waals surface area (Å²) in [6.45, 7) is 3.96. The maximum atomic E-state index is 12.8. The molecule has 0 fully saturated rings. The molecule has 0 aliphatic carbocycles. The summed E-state index contributed by atoms with van der Waals surface area (Å²) in [6.07, 6.45) is 3.19.